The summed E-state index contributed by atoms with van der Waals surface area (Å²) in [5.41, 5.74) is 2.70. The lowest BCUT2D eigenvalue weighted by Crippen LogP contribution is -2.17. The van der Waals surface area contributed by atoms with Gasteiger partial charge in [0.1, 0.15) is 10.4 Å². The minimum Gasteiger partial charge on any atom is -0.328 e. The Morgan fingerprint density at radius 2 is 2.11 bits per heavy atom. The van der Waals surface area contributed by atoms with Crippen LogP contribution >= 0.6 is 15.9 Å². The highest BCUT2D eigenvalue weighted by Gasteiger charge is 2.23. The number of fused-ring (bicyclic) bond motifs is 1. The standard InChI is InChI=1S/C15H17BrN2/c1-11-6-5-9-13-15(16)17-14(18(11)13)10-12-7-3-2-4-8-12/h2-4,7-8,11H,5-6,9-10H2,1H3. The second kappa shape index (κ2) is 4.88. The van der Waals surface area contributed by atoms with E-state index < -0.39 is 0 Å². The van der Waals surface area contributed by atoms with E-state index in [0.717, 1.165) is 17.4 Å². The number of benzene rings is 1. The van der Waals surface area contributed by atoms with Crippen molar-refractivity contribution in [2.24, 2.45) is 0 Å². The smallest absolute Gasteiger partial charge is 0.127 e. The number of rotatable bonds is 2. The quantitative estimate of drug-likeness (QED) is 0.815. The number of nitrogens with zero attached hydrogens (tertiary/aromatic N) is 2. The van der Waals surface area contributed by atoms with E-state index in [4.69, 9.17) is 4.98 Å². The lowest BCUT2D eigenvalue weighted by molar-refractivity contribution is 0.420. The number of aromatic nitrogens is 2. The normalized spacial score (nSPS) is 18.7. The molecular formula is C15H17BrN2. The van der Waals surface area contributed by atoms with Crippen LogP contribution in [0.3, 0.4) is 0 Å². The largest absolute Gasteiger partial charge is 0.328 e. The highest BCUT2D eigenvalue weighted by Crippen LogP contribution is 2.31. The maximum atomic E-state index is 4.72. The van der Waals surface area contributed by atoms with Gasteiger partial charge in [0.25, 0.3) is 0 Å². The minimum absolute atomic E-state index is 0.575. The van der Waals surface area contributed by atoms with Crippen LogP contribution in [0.4, 0.5) is 0 Å². The fraction of sp³-hybridized carbons (Fsp3) is 0.400. The monoisotopic (exact) mass is 304 g/mol. The zero-order valence-corrected chi connectivity index (χ0v) is 12.2. The number of hydrogen-bond acceptors (Lipinski definition) is 1. The summed E-state index contributed by atoms with van der Waals surface area (Å²) in [6, 6.07) is 11.2. The van der Waals surface area contributed by atoms with Crippen LogP contribution in [0.25, 0.3) is 0 Å². The van der Waals surface area contributed by atoms with Gasteiger partial charge in [-0.05, 0) is 47.7 Å². The van der Waals surface area contributed by atoms with Crippen molar-refractivity contribution in [3.8, 4) is 0 Å². The predicted octanol–water partition coefficient (Wildman–Crippen LogP) is 4.13. The van der Waals surface area contributed by atoms with E-state index in [0.29, 0.717) is 6.04 Å². The van der Waals surface area contributed by atoms with Gasteiger partial charge in [-0.25, -0.2) is 4.98 Å². The second-order valence-electron chi connectivity index (χ2n) is 5.04. The molecule has 3 rings (SSSR count). The van der Waals surface area contributed by atoms with Crippen LogP contribution in [0.15, 0.2) is 34.9 Å². The zero-order chi connectivity index (χ0) is 12.5. The van der Waals surface area contributed by atoms with Crippen molar-refractivity contribution in [3.05, 3.63) is 52.0 Å². The van der Waals surface area contributed by atoms with Crippen molar-refractivity contribution in [2.75, 3.05) is 0 Å². The van der Waals surface area contributed by atoms with Gasteiger partial charge in [0.05, 0.1) is 5.69 Å². The molecule has 1 unspecified atom stereocenters. The van der Waals surface area contributed by atoms with E-state index in [1.807, 2.05) is 0 Å². The lowest BCUT2D eigenvalue weighted by atomic mass is 10.0. The molecule has 0 aliphatic carbocycles. The van der Waals surface area contributed by atoms with Crippen LogP contribution in [0, 0.1) is 0 Å². The molecule has 1 aliphatic heterocycles. The molecule has 3 heteroatoms. The fourth-order valence-corrected chi connectivity index (χ4v) is 3.42. The molecule has 18 heavy (non-hydrogen) atoms. The highest BCUT2D eigenvalue weighted by atomic mass is 79.9. The molecular weight excluding hydrogens is 288 g/mol. The Kier molecular flexibility index (Phi) is 3.25. The molecule has 0 N–H and O–H groups in total. The molecule has 1 aromatic heterocycles. The third-order valence-electron chi connectivity index (χ3n) is 3.72. The van der Waals surface area contributed by atoms with Gasteiger partial charge in [0.15, 0.2) is 0 Å². The van der Waals surface area contributed by atoms with E-state index in [-0.39, 0.29) is 0 Å². The van der Waals surface area contributed by atoms with Crippen LogP contribution in [0.1, 0.15) is 42.9 Å². The van der Waals surface area contributed by atoms with Crippen molar-refractivity contribution < 1.29 is 0 Å². The molecule has 0 amide bonds. The molecule has 0 saturated carbocycles. The first kappa shape index (κ1) is 12.0. The molecule has 2 aromatic rings. The van der Waals surface area contributed by atoms with Crippen molar-refractivity contribution in [3.63, 3.8) is 0 Å². The van der Waals surface area contributed by atoms with Crippen LogP contribution in [0.5, 0.6) is 0 Å². The van der Waals surface area contributed by atoms with Gasteiger partial charge in [-0.2, -0.15) is 0 Å². The molecule has 2 nitrogen and oxygen atoms in total. The van der Waals surface area contributed by atoms with Crippen LogP contribution in [0.2, 0.25) is 0 Å². The molecule has 0 bridgehead atoms. The summed E-state index contributed by atoms with van der Waals surface area (Å²) in [4.78, 5) is 4.72. The molecule has 1 atom stereocenters. The van der Waals surface area contributed by atoms with Crippen LogP contribution in [-0.2, 0) is 12.8 Å². The van der Waals surface area contributed by atoms with E-state index in [9.17, 15) is 0 Å². The summed E-state index contributed by atoms with van der Waals surface area (Å²) >= 11 is 3.61. The first-order valence-electron chi connectivity index (χ1n) is 6.55. The molecule has 1 aromatic carbocycles. The van der Waals surface area contributed by atoms with Gasteiger partial charge in [0, 0.05) is 12.5 Å². The number of imidazole rings is 1. The summed E-state index contributed by atoms with van der Waals surface area (Å²) in [7, 11) is 0. The molecule has 0 radical (unpaired) electrons. The Balaban J connectivity index is 1.98. The van der Waals surface area contributed by atoms with Crippen molar-refractivity contribution in [2.45, 2.75) is 38.6 Å². The minimum atomic E-state index is 0.575. The van der Waals surface area contributed by atoms with Gasteiger partial charge in [0.2, 0.25) is 0 Å². The Morgan fingerprint density at radius 3 is 2.89 bits per heavy atom. The van der Waals surface area contributed by atoms with E-state index >= 15 is 0 Å². The Morgan fingerprint density at radius 1 is 1.33 bits per heavy atom. The van der Waals surface area contributed by atoms with Gasteiger partial charge in [-0.15, -0.1) is 0 Å². The topological polar surface area (TPSA) is 17.8 Å². The van der Waals surface area contributed by atoms with Gasteiger partial charge >= 0.3 is 0 Å². The maximum Gasteiger partial charge on any atom is 0.127 e. The molecule has 94 valence electrons. The third kappa shape index (κ3) is 2.12. The van der Waals surface area contributed by atoms with Crippen LogP contribution in [-0.4, -0.2) is 9.55 Å². The number of halogens is 1. The SMILES string of the molecule is CC1CCCc2c(Br)nc(Cc3ccccc3)n21. The summed E-state index contributed by atoms with van der Waals surface area (Å²) in [6.07, 6.45) is 4.60. The van der Waals surface area contributed by atoms with Gasteiger partial charge in [-0.3, -0.25) is 0 Å². The number of hydrogen-bond donors (Lipinski definition) is 0. The van der Waals surface area contributed by atoms with Gasteiger partial charge < -0.3 is 4.57 Å². The molecule has 1 aliphatic rings. The molecule has 0 saturated heterocycles. The average Bonchev–Trinajstić information content (AvgIpc) is 2.69. The summed E-state index contributed by atoms with van der Waals surface area (Å²) in [5.74, 6) is 1.19. The first-order valence-corrected chi connectivity index (χ1v) is 7.34. The molecule has 0 spiro atoms. The van der Waals surface area contributed by atoms with E-state index in [1.54, 1.807) is 0 Å². The first-order chi connectivity index (χ1) is 8.75. The zero-order valence-electron chi connectivity index (χ0n) is 10.6. The van der Waals surface area contributed by atoms with Crippen molar-refractivity contribution >= 4 is 15.9 Å². The van der Waals surface area contributed by atoms with Crippen molar-refractivity contribution in [1.82, 2.24) is 9.55 Å². The van der Waals surface area contributed by atoms with Gasteiger partial charge in [-0.1, -0.05) is 30.3 Å². The lowest BCUT2D eigenvalue weighted by Gasteiger charge is -2.24. The van der Waals surface area contributed by atoms with E-state index in [2.05, 4.69) is 57.8 Å². The summed E-state index contributed by atoms with van der Waals surface area (Å²) in [6.45, 7) is 2.30. The summed E-state index contributed by atoms with van der Waals surface area (Å²) in [5, 5.41) is 0. The molecule has 2 heterocycles. The van der Waals surface area contributed by atoms with E-state index in [1.165, 1.54) is 29.9 Å². The third-order valence-corrected chi connectivity index (χ3v) is 4.35. The fourth-order valence-electron chi connectivity index (χ4n) is 2.83. The predicted molar refractivity (Wildman–Crippen MR) is 76.8 cm³/mol. The Bertz CT molecular complexity index is 545. The maximum absolute atomic E-state index is 4.72. The molecule has 0 fully saturated rings. The summed E-state index contributed by atoms with van der Waals surface area (Å²) < 4.78 is 3.47. The average molecular weight is 305 g/mol. The van der Waals surface area contributed by atoms with Crippen LogP contribution < -0.4 is 0 Å². The highest BCUT2D eigenvalue weighted by molar-refractivity contribution is 9.10. The Hall–Kier alpha value is -1.09. The second-order valence-corrected chi connectivity index (χ2v) is 5.79. The Labute approximate surface area is 116 Å². The van der Waals surface area contributed by atoms with Crippen molar-refractivity contribution in [1.29, 1.82) is 0 Å².